The number of carbonyl (C=O) groups excluding carboxylic acids is 2. The van der Waals surface area contributed by atoms with Crippen LogP contribution in [0.25, 0.3) is 11.1 Å². The van der Waals surface area contributed by atoms with E-state index < -0.39 is 17.7 Å². The first-order valence-corrected chi connectivity index (χ1v) is 16.1. The Labute approximate surface area is 286 Å². The zero-order chi connectivity index (χ0) is 34.3. The van der Waals surface area contributed by atoms with Crippen molar-refractivity contribution in [2.45, 2.75) is 45.6 Å². The lowest BCUT2D eigenvalue weighted by atomic mass is 9.87. The molecule has 1 N–H and O–H groups in total. The number of halogens is 2. The van der Waals surface area contributed by atoms with Crippen LogP contribution in [0.1, 0.15) is 66.2 Å². The van der Waals surface area contributed by atoms with Gasteiger partial charge in [-0.3, -0.25) is 4.79 Å². The van der Waals surface area contributed by atoms with Crippen LogP contribution in [0.4, 0.5) is 4.79 Å². The van der Waals surface area contributed by atoms with E-state index in [1.165, 1.54) is 15.9 Å². The first-order valence-electron chi connectivity index (χ1n) is 15.4. The molecule has 8 nitrogen and oxygen atoms in total. The number of benzene rings is 3. The maximum absolute atomic E-state index is 12.9. The maximum atomic E-state index is 12.9. The molecule has 0 saturated carbocycles. The molecule has 0 spiro atoms. The number of allylic oxidation sites excluding steroid dienone is 1. The molecular formula is C37H40Cl2N2O6. The molecule has 248 valence electrons. The van der Waals surface area contributed by atoms with Gasteiger partial charge in [-0.2, -0.15) is 0 Å². The van der Waals surface area contributed by atoms with E-state index in [0.717, 1.165) is 52.7 Å². The molecule has 3 aromatic carbocycles. The summed E-state index contributed by atoms with van der Waals surface area (Å²) >= 11 is 12.9. The highest BCUT2D eigenvalue weighted by Crippen LogP contribution is 2.42. The average molecular weight is 680 g/mol. The summed E-state index contributed by atoms with van der Waals surface area (Å²) in [6.07, 6.45) is 4.83. The van der Waals surface area contributed by atoms with Gasteiger partial charge in [0.2, 0.25) is 5.91 Å². The zero-order valence-corrected chi connectivity index (χ0v) is 28.8. The Balaban J connectivity index is 1.60. The molecule has 1 aliphatic rings. The molecule has 0 atom stereocenters. The van der Waals surface area contributed by atoms with E-state index in [1.807, 2.05) is 42.5 Å². The fourth-order valence-electron chi connectivity index (χ4n) is 5.26. The topological polar surface area (TPSA) is 96.4 Å². The quantitative estimate of drug-likeness (QED) is 0.217. The molecule has 0 bridgehead atoms. The summed E-state index contributed by atoms with van der Waals surface area (Å²) in [5.41, 5.74) is 5.32. The Morgan fingerprint density at radius 3 is 2.28 bits per heavy atom. The number of aryl methyl sites for hydroxylation is 1. The Morgan fingerprint density at radius 1 is 0.936 bits per heavy atom. The lowest BCUT2D eigenvalue weighted by Crippen LogP contribution is -2.39. The van der Waals surface area contributed by atoms with E-state index in [4.69, 9.17) is 32.7 Å². The third-order valence-electron chi connectivity index (χ3n) is 7.50. The van der Waals surface area contributed by atoms with Crippen molar-refractivity contribution in [3.05, 3.63) is 111 Å². The Kier molecular flexibility index (Phi) is 11.8. The van der Waals surface area contributed by atoms with Gasteiger partial charge >= 0.3 is 12.1 Å². The van der Waals surface area contributed by atoms with Crippen molar-refractivity contribution in [3.8, 4) is 5.75 Å². The van der Waals surface area contributed by atoms with Gasteiger partial charge in [0.15, 0.2) is 0 Å². The number of nitrogens with zero attached hydrogens (tertiary/aromatic N) is 2. The van der Waals surface area contributed by atoms with Gasteiger partial charge in [-0.15, -0.1) is 0 Å². The molecule has 0 heterocycles. The first kappa shape index (κ1) is 35.6. The van der Waals surface area contributed by atoms with E-state index in [2.05, 4.69) is 0 Å². The van der Waals surface area contributed by atoms with Crippen molar-refractivity contribution in [1.82, 2.24) is 9.80 Å². The Bertz CT molecular complexity index is 1690. The molecule has 0 fully saturated rings. The van der Waals surface area contributed by atoms with Gasteiger partial charge in [0, 0.05) is 36.8 Å². The van der Waals surface area contributed by atoms with E-state index in [9.17, 15) is 19.5 Å². The summed E-state index contributed by atoms with van der Waals surface area (Å²) in [6.45, 7) is 6.01. The van der Waals surface area contributed by atoms with Gasteiger partial charge in [-0.25, -0.2) is 9.59 Å². The highest BCUT2D eigenvalue weighted by molar-refractivity contribution is 6.36. The summed E-state index contributed by atoms with van der Waals surface area (Å²) in [6, 6.07) is 18.4. The van der Waals surface area contributed by atoms with Gasteiger partial charge in [-0.05, 0) is 110 Å². The van der Waals surface area contributed by atoms with Crippen LogP contribution in [0.2, 0.25) is 10.0 Å². The van der Waals surface area contributed by atoms with E-state index >= 15 is 0 Å². The standard InChI is InChI=1S/C37H40Cl2N2O6/c1-37(2,3)47-36(45)41(19-7-10-33(42)40(4)5)20-21-46-28-15-11-24(12-16-28)34-29-17-13-26(35(43)44)22-25(29)8-6-9-31(34)30-18-14-27(38)23-32(30)39/h7,10-18,22-23H,6,8-9,19-21H2,1-5H3,(H,43,44)/b10-7+. The number of carboxylic acids is 1. The predicted octanol–water partition coefficient (Wildman–Crippen LogP) is 8.25. The number of carbonyl (C=O) groups is 3. The molecule has 0 radical (unpaired) electrons. The van der Waals surface area contributed by atoms with Crippen LogP contribution in [0.5, 0.6) is 5.75 Å². The fraction of sp³-hybridized carbons (Fsp3) is 0.324. The molecule has 10 heteroatoms. The lowest BCUT2D eigenvalue weighted by Gasteiger charge is -2.26. The predicted molar refractivity (Wildman–Crippen MR) is 186 cm³/mol. The lowest BCUT2D eigenvalue weighted by molar-refractivity contribution is -0.123. The highest BCUT2D eigenvalue weighted by atomic mass is 35.5. The number of hydrogen-bond acceptors (Lipinski definition) is 5. The largest absolute Gasteiger partial charge is 0.492 e. The van der Waals surface area contributed by atoms with Crippen molar-refractivity contribution >= 4 is 52.3 Å². The summed E-state index contributed by atoms with van der Waals surface area (Å²) in [5, 5.41) is 10.7. The molecule has 0 aliphatic heterocycles. The van der Waals surface area contributed by atoms with Crippen molar-refractivity contribution in [2.24, 2.45) is 0 Å². The Hall–Kier alpha value is -4.27. The highest BCUT2D eigenvalue weighted by Gasteiger charge is 2.24. The van der Waals surface area contributed by atoms with Crippen molar-refractivity contribution in [1.29, 1.82) is 0 Å². The van der Waals surface area contributed by atoms with Crippen LogP contribution in [-0.2, 0) is 16.0 Å². The minimum atomic E-state index is -0.964. The second-order valence-corrected chi connectivity index (χ2v) is 13.3. The van der Waals surface area contributed by atoms with E-state index in [0.29, 0.717) is 15.8 Å². The fourth-order valence-corrected chi connectivity index (χ4v) is 5.78. The molecule has 3 aromatic rings. The molecule has 1 aliphatic carbocycles. The summed E-state index contributed by atoms with van der Waals surface area (Å²) in [7, 11) is 3.32. The van der Waals surface area contributed by atoms with Crippen molar-refractivity contribution < 1.29 is 29.0 Å². The molecule has 0 aromatic heterocycles. The van der Waals surface area contributed by atoms with E-state index in [1.54, 1.807) is 59.1 Å². The third-order valence-corrected chi connectivity index (χ3v) is 8.05. The van der Waals surface area contributed by atoms with Gasteiger partial charge in [0.1, 0.15) is 18.0 Å². The molecule has 4 rings (SSSR count). The number of fused-ring (bicyclic) bond motifs is 1. The number of ether oxygens (including phenoxy) is 2. The second-order valence-electron chi connectivity index (χ2n) is 12.4. The van der Waals surface area contributed by atoms with Gasteiger partial charge in [0.05, 0.1) is 12.1 Å². The van der Waals surface area contributed by atoms with Crippen molar-refractivity contribution in [3.63, 3.8) is 0 Å². The van der Waals surface area contributed by atoms with Crippen LogP contribution in [0.3, 0.4) is 0 Å². The van der Waals surface area contributed by atoms with Crippen LogP contribution >= 0.6 is 23.2 Å². The second kappa shape index (κ2) is 15.5. The third kappa shape index (κ3) is 9.62. The number of aromatic carboxylic acids is 1. The van der Waals surface area contributed by atoms with Crippen LogP contribution in [0, 0.1) is 0 Å². The summed E-state index contributed by atoms with van der Waals surface area (Å²) < 4.78 is 11.6. The minimum Gasteiger partial charge on any atom is -0.492 e. The zero-order valence-electron chi connectivity index (χ0n) is 27.3. The van der Waals surface area contributed by atoms with Gasteiger partial charge in [0.25, 0.3) is 0 Å². The molecular weight excluding hydrogens is 639 g/mol. The van der Waals surface area contributed by atoms with Crippen LogP contribution in [0.15, 0.2) is 72.8 Å². The molecule has 2 amide bonds. The number of hydrogen-bond donors (Lipinski definition) is 1. The number of carboxylic acid groups (broad SMARTS) is 1. The first-order chi connectivity index (χ1) is 22.2. The summed E-state index contributed by atoms with van der Waals surface area (Å²) in [5.74, 6) is -0.535. The number of likely N-dealkylation sites (N-methyl/N-ethyl adjacent to an activating group) is 1. The smallest absolute Gasteiger partial charge is 0.410 e. The molecule has 0 saturated heterocycles. The molecule has 0 unspecified atom stereocenters. The van der Waals surface area contributed by atoms with E-state index in [-0.39, 0.29) is 31.2 Å². The minimum absolute atomic E-state index is 0.180. The normalized spacial score (nSPS) is 13.2. The van der Waals surface area contributed by atoms with Crippen LogP contribution in [-0.4, -0.2) is 72.3 Å². The Morgan fingerprint density at radius 2 is 1.64 bits per heavy atom. The van der Waals surface area contributed by atoms with Crippen LogP contribution < -0.4 is 4.74 Å². The maximum Gasteiger partial charge on any atom is 0.410 e. The molecule has 47 heavy (non-hydrogen) atoms. The van der Waals surface area contributed by atoms with Gasteiger partial charge in [-0.1, -0.05) is 53.5 Å². The number of rotatable bonds is 10. The summed E-state index contributed by atoms with van der Waals surface area (Å²) in [4.78, 5) is 39.5. The van der Waals surface area contributed by atoms with Crippen molar-refractivity contribution in [2.75, 3.05) is 33.8 Å². The van der Waals surface area contributed by atoms with Gasteiger partial charge < -0.3 is 24.4 Å². The number of amides is 2. The SMILES string of the molecule is CN(C)C(=O)/C=C/CN(CCOc1ccc(C2=C(c3ccc(Cl)cc3Cl)CCCc3cc(C(=O)O)ccc32)cc1)C(=O)OC(C)(C)C. The monoisotopic (exact) mass is 678 g/mol. The average Bonchev–Trinajstić information content (AvgIpc) is 3.18.